The number of hydrogen-bond acceptors (Lipinski definition) is 4. The molecule has 0 fully saturated rings. The Kier molecular flexibility index (Phi) is 2.71. The van der Waals surface area contributed by atoms with Crippen LogP contribution in [0.15, 0.2) is 48.1 Å². The second kappa shape index (κ2) is 4.51. The largest absolute Gasteiger partial charge is 0.378 e. The fraction of sp³-hybridized carbons (Fsp3) is 0.0769. The number of fused-ring (bicyclic) bond motifs is 1. The van der Waals surface area contributed by atoms with Gasteiger partial charge in [0.25, 0.3) is 0 Å². The highest BCUT2D eigenvalue weighted by atomic mass is 32.1. The Morgan fingerprint density at radius 2 is 2.06 bits per heavy atom. The summed E-state index contributed by atoms with van der Waals surface area (Å²) in [5.41, 5.74) is 2.11. The van der Waals surface area contributed by atoms with Crippen molar-refractivity contribution in [1.82, 2.24) is 9.97 Å². The average Bonchev–Trinajstić information content (AvgIpc) is 2.89. The van der Waals surface area contributed by atoms with Crippen LogP contribution in [0.5, 0.6) is 0 Å². The standard InChI is InChI=1S/C13H11N3S/c1-4-11-10(3-2-6-14-11)12(5-1)16-9-13-15-7-8-17-13/h1-8,16H,9H2. The first kappa shape index (κ1) is 10.2. The zero-order chi connectivity index (χ0) is 11.5. The maximum atomic E-state index is 4.33. The molecular formula is C13H11N3S. The molecular weight excluding hydrogens is 230 g/mol. The van der Waals surface area contributed by atoms with Gasteiger partial charge in [-0.3, -0.25) is 4.98 Å². The molecule has 17 heavy (non-hydrogen) atoms. The monoisotopic (exact) mass is 241 g/mol. The van der Waals surface area contributed by atoms with Gasteiger partial charge in [-0.15, -0.1) is 11.3 Å². The normalized spacial score (nSPS) is 10.6. The predicted molar refractivity (Wildman–Crippen MR) is 71.2 cm³/mol. The van der Waals surface area contributed by atoms with Crippen molar-refractivity contribution < 1.29 is 0 Å². The van der Waals surface area contributed by atoms with E-state index in [0.29, 0.717) is 0 Å². The lowest BCUT2D eigenvalue weighted by atomic mass is 10.2. The number of nitrogens with zero attached hydrogens (tertiary/aromatic N) is 2. The van der Waals surface area contributed by atoms with Gasteiger partial charge in [0, 0.05) is 28.8 Å². The number of nitrogens with one attached hydrogen (secondary N) is 1. The van der Waals surface area contributed by atoms with Gasteiger partial charge in [-0.25, -0.2) is 4.98 Å². The Hall–Kier alpha value is -1.94. The lowest BCUT2D eigenvalue weighted by Crippen LogP contribution is -1.99. The molecule has 0 amide bonds. The van der Waals surface area contributed by atoms with E-state index in [9.17, 15) is 0 Å². The average molecular weight is 241 g/mol. The van der Waals surface area contributed by atoms with Crippen molar-refractivity contribution in [1.29, 1.82) is 0 Å². The molecule has 84 valence electrons. The molecule has 3 aromatic rings. The van der Waals surface area contributed by atoms with Crippen molar-refractivity contribution in [2.75, 3.05) is 5.32 Å². The molecule has 0 spiro atoms. The molecule has 0 saturated heterocycles. The molecule has 1 N–H and O–H groups in total. The van der Waals surface area contributed by atoms with E-state index < -0.39 is 0 Å². The highest BCUT2D eigenvalue weighted by Gasteiger charge is 2.01. The first-order valence-electron chi connectivity index (χ1n) is 5.39. The van der Waals surface area contributed by atoms with Crippen LogP contribution in [0, 0.1) is 0 Å². The van der Waals surface area contributed by atoms with Gasteiger partial charge in [-0.05, 0) is 24.3 Å². The van der Waals surface area contributed by atoms with Crippen LogP contribution < -0.4 is 5.32 Å². The topological polar surface area (TPSA) is 37.8 Å². The number of aromatic nitrogens is 2. The van der Waals surface area contributed by atoms with E-state index in [-0.39, 0.29) is 0 Å². The molecule has 0 aliphatic heterocycles. The second-order valence-electron chi connectivity index (χ2n) is 3.66. The summed E-state index contributed by atoms with van der Waals surface area (Å²) in [7, 11) is 0. The smallest absolute Gasteiger partial charge is 0.112 e. The van der Waals surface area contributed by atoms with Gasteiger partial charge >= 0.3 is 0 Å². The van der Waals surface area contributed by atoms with Gasteiger partial charge < -0.3 is 5.32 Å². The summed E-state index contributed by atoms with van der Waals surface area (Å²) in [4.78, 5) is 8.59. The minimum atomic E-state index is 0.756. The summed E-state index contributed by atoms with van der Waals surface area (Å²) in [5.74, 6) is 0. The van der Waals surface area contributed by atoms with Crippen LogP contribution in [0.1, 0.15) is 5.01 Å². The zero-order valence-electron chi connectivity index (χ0n) is 9.13. The first-order valence-corrected chi connectivity index (χ1v) is 6.27. The highest BCUT2D eigenvalue weighted by molar-refractivity contribution is 7.09. The predicted octanol–water partition coefficient (Wildman–Crippen LogP) is 3.30. The maximum Gasteiger partial charge on any atom is 0.112 e. The fourth-order valence-corrected chi connectivity index (χ4v) is 2.32. The third kappa shape index (κ3) is 2.12. The van der Waals surface area contributed by atoms with Crippen molar-refractivity contribution in [3.63, 3.8) is 0 Å². The first-order chi connectivity index (χ1) is 8.43. The van der Waals surface area contributed by atoms with Gasteiger partial charge in [-0.2, -0.15) is 0 Å². The molecule has 0 unspecified atom stereocenters. The molecule has 1 aromatic carbocycles. The Balaban J connectivity index is 1.90. The van der Waals surface area contributed by atoms with E-state index in [4.69, 9.17) is 0 Å². The van der Waals surface area contributed by atoms with Crippen molar-refractivity contribution in [2.45, 2.75) is 6.54 Å². The van der Waals surface area contributed by atoms with Crippen LogP contribution in [0.25, 0.3) is 10.9 Å². The van der Waals surface area contributed by atoms with Crippen LogP contribution in [-0.4, -0.2) is 9.97 Å². The Morgan fingerprint density at radius 1 is 1.06 bits per heavy atom. The maximum absolute atomic E-state index is 4.33. The number of pyridine rings is 1. The van der Waals surface area contributed by atoms with Gasteiger partial charge in [-0.1, -0.05) is 6.07 Å². The molecule has 0 aliphatic carbocycles. The summed E-state index contributed by atoms with van der Waals surface area (Å²) in [5, 5.41) is 7.62. The van der Waals surface area contributed by atoms with Gasteiger partial charge in [0.05, 0.1) is 12.1 Å². The Bertz CT molecular complexity index is 614. The number of anilines is 1. The van der Waals surface area contributed by atoms with Crippen LogP contribution in [0.4, 0.5) is 5.69 Å². The lowest BCUT2D eigenvalue weighted by molar-refractivity contribution is 1.11. The molecule has 2 heterocycles. The van der Waals surface area contributed by atoms with Crippen molar-refractivity contribution in [2.24, 2.45) is 0 Å². The molecule has 4 heteroatoms. The lowest BCUT2D eigenvalue weighted by Gasteiger charge is -2.07. The molecule has 3 rings (SSSR count). The minimum Gasteiger partial charge on any atom is -0.378 e. The summed E-state index contributed by atoms with van der Waals surface area (Å²) >= 11 is 1.66. The highest BCUT2D eigenvalue weighted by Crippen LogP contribution is 2.22. The van der Waals surface area contributed by atoms with E-state index >= 15 is 0 Å². The molecule has 3 nitrogen and oxygen atoms in total. The fourth-order valence-electron chi connectivity index (χ4n) is 1.77. The van der Waals surface area contributed by atoms with Crippen LogP contribution >= 0.6 is 11.3 Å². The van der Waals surface area contributed by atoms with Crippen molar-refractivity contribution in [3.8, 4) is 0 Å². The van der Waals surface area contributed by atoms with E-state index in [1.165, 1.54) is 0 Å². The molecule has 0 bridgehead atoms. The van der Waals surface area contributed by atoms with Crippen molar-refractivity contribution in [3.05, 3.63) is 53.1 Å². The summed E-state index contributed by atoms with van der Waals surface area (Å²) < 4.78 is 0. The Morgan fingerprint density at radius 3 is 2.94 bits per heavy atom. The number of benzene rings is 1. The Labute approximate surface area is 103 Å². The third-order valence-electron chi connectivity index (χ3n) is 2.56. The van der Waals surface area contributed by atoms with Crippen molar-refractivity contribution >= 4 is 27.9 Å². The van der Waals surface area contributed by atoms with E-state index in [2.05, 4.69) is 27.4 Å². The molecule has 0 saturated carbocycles. The molecule has 2 aromatic heterocycles. The SMILES string of the molecule is c1cc(NCc2nccs2)c2cccnc2c1. The van der Waals surface area contributed by atoms with Gasteiger partial charge in [0.15, 0.2) is 0 Å². The quantitative estimate of drug-likeness (QED) is 0.764. The number of rotatable bonds is 3. The third-order valence-corrected chi connectivity index (χ3v) is 3.34. The number of thiazole rings is 1. The van der Waals surface area contributed by atoms with E-state index in [1.807, 2.05) is 36.0 Å². The van der Waals surface area contributed by atoms with E-state index in [1.54, 1.807) is 11.3 Å². The molecule has 0 radical (unpaired) electrons. The summed E-state index contributed by atoms with van der Waals surface area (Å²) in [6.07, 6.45) is 3.64. The minimum absolute atomic E-state index is 0.756. The molecule has 0 aliphatic rings. The number of hydrogen-bond donors (Lipinski definition) is 1. The summed E-state index contributed by atoms with van der Waals surface area (Å²) in [6, 6.07) is 10.1. The second-order valence-corrected chi connectivity index (χ2v) is 4.63. The zero-order valence-corrected chi connectivity index (χ0v) is 9.95. The van der Waals surface area contributed by atoms with Crippen LogP contribution in [0.2, 0.25) is 0 Å². The van der Waals surface area contributed by atoms with Gasteiger partial charge in [0.2, 0.25) is 0 Å². The van der Waals surface area contributed by atoms with Gasteiger partial charge in [0.1, 0.15) is 5.01 Å². The molecule has 0 atom stereocenters. The van der Waals surface area contributed by atoms with E-state index in [0.717, 1.165) is 28.1 Å². The summed E-state index contributed by atoms with van der Waals surface area (Å²) in [6.45, 7) is 0.756. The van der Waals surface area contributed by atoms with Crippen LogP contribution in [-0.2, 0) is 6.54 Å². The van der Waals surface area contributed by atoms with Crippen LogP contribution in [0.3, 0.4) is 0 Å².